The average Bonchev–Trinajstić information content (AvgIpc) is 2.37. The highest BCUT2D eigenvalue weighted by molar-refractivity contribution is 4.87. The Morgan fingerprint density at radius 2 is 1.83 bits per heavy atom. The molecule has 1 aliphatic carbocycles. The monoisotopic (exact) mass is 264 g/mol. The number of halogens is 3. The summed E-state index contributed by atoms with van der Waals surface area (Å²) in [6.45, 7) is 2.62. The van der Waals surface area contributed by atoms with Crippen molar-refractivity contribution in [1.82, 2.24) is 10.2 Å². The first-order valence-electron chi connectivity index (χ1n) is 7.08. The standard InChI is InChI=1S/C13H23F3N2/c14-13(15,16)6-8-18-9-7-17-10-12(18)11-4-2-1-3-5-11/h11-12,17H,1-10H2. The molecule has 18 heavy (non-hydrogen) atoms. The van der Waals surface area contributed by atoms with Crippen molar-refractivity contribution < 1.29 is 13.2 Å². The van der Waals surface area contributed by atoms with Gasteiger partial charge in [-0.25, -0.2) is 0 Å². The van der Waals surface area contributed by atoms with Gasteiger partial charge in [-0.3, -0.25) is 4.90 Å². The summed E-state index contributed by atoms with van der Waals surface area (Å²) < 4.78 is 37.0. The Kier molecular flexibility index (Phi) is 4.90. The Balaban J connectivity index is 1.88. The molecule has 2 rings (SSSR count). The number of rotatable bonds is 3. The predicted octanol–water partition coefficient (Wildman–Crippen LogP) is 2.79. The largest absolute Gasteiger partial charge is 0.390 e. The molecule has 1 N–H and O–H groups in total. The third-order valence-electron chi connectivity index (χ3n) is 4.27. The molecule has 0 spiro atoms. The number of alkyl halides is 3. The van der Waals surface area contributed by atoms with E-state index in [1.165, 1.54) is 32.1 Å². The maximum absolute atomic E-state index is 12.3. The van der Waals surface area contributed by atoms with Crippen LogP contribution < -0.4 is 5.32 Å². The lowest BCUT2D eigenvalue weighted by Gasteiger charge is -2.42. The van der Waals surface area contributed by atoms with Crippen molar-refractivity contribution in [2.75, 3.05) is 26.2 Å². The zero-order valence-electron chi connectivity index (χ0n) is 10.8. The molecule has 2 fully saturated rings. The number of nitrogens with one attached hydrogen (secondary N) is 1. The lowest BCUT2D eigenvalue weighted by Crippen LogP contribution is -2.55. The molecule has 1 saturated heterocycles. The quantitative estimate of drug-likeness (QED) is 0.843. The normalized spacial score (nSPS) is 28.5. The molecular formula is C13H23F3N2. The molecule has 0 amide bonds. The summed E-state index contributed by atoms with van der Waals surface area (Å²) in [5.74, 6) is 0.597. The summed E-state index contributed by atoms with van der Waals surface area (Å²) in [5, 5.41) is 3.34. The third kappa shape index (κ3) is 4.12. The van der Waals surface area contributed by atoms with Gasteiger partial charge in [-0.1, -0.05) is 19.3 Å². The first-order chi connectivity index (χ1) is 8.56. The smallest absolute Gasteiger partial charge is 0.314 e. The predicted molar refractivity (Wildman–Crippen MR) is 65.5 cm³/mol. The summed E-state index contributed by atoms with van der Waals surface area (Å²) in [5.41, 5.74) is 0. The van der Waals surface area contributed by atoms with Crippen LogP contribution in [0, 0.1) is 5.92 Å². The van der Waals surface area contributed by atoms with Crippen molar-refractivity contribution in [3.05, 3.63) is 0 Å². The molecule has 1 atom stereocenters. The van der Waals surface area contributed by atoms with Crippen LogP contribution in [0.1, 0.15) is 38.5 Å². The van der Waals surface area contributed by atoms with E-state index in [9.17, 15) is 13.2 Å². The molecule has 106 valence electrons. The lowest BCUT2D eigenvalue weighted by atomic mass is 9.82. The van der Waals surface area contributed by atoms with E-state index in [2.05, 4.69) is 10.2 Å². The Morgan fingerprint density at radius 1 is 1.11 bits per heavy atom. The van der Waals surface area contributed by atoms with E-state index in [0.29, 0.717) is 12.0 Å². The zero-order chi connectivity index (χ0) is 13.0. The molecule has 0 aromatic heterocycles. The second kappa shape index (κ2) is 6.24. The Morgan fingerprint density at radius 3 is 2.50 bits per heavy atom. The van der Waals surface area contributed by atoms with Crippen LogP contribution in [0.3, 0.4) is 0 Å². The van der Waals surface area contributed by atoms with E-state index in [0.717, 1.165) is 19.6 Å². The number of hydrogen-bond acceptors (Lipinski definition) is 2. The molecule has 2 nitrogen and oxygen atoms in total. The minimum Gasteiger partial charge on any atom is -0.314 e. The van der Waals surface area contributed by atoms with Crippen molar-refractivity contribution in [2.45, 2.75) is 50.7 Å². The van der Waals surface area contributed by atoms with Crippen LogP contribution in [0.5, 0.6) is 0 Å². The minimum absolute atomic E-state index is 0.173. The fraction of sp³-hybridized carbons (Fsp3) is 1.00. The summed E-state index contributed by atoms with van der Waals surface area (Å²) in [6.07, 6.45) is 1.46. The Hall–Kier alpha value is -0.290. The first kappa shape index (κ1) is 14.1. The van der Waals surface area contributed by atoms with Crippen molar-refractivity contribution in [3.8, 4) is 0 Å². The van der Waals surface area contributed by atoms with Gasteiger partial charge in [0, 0.05) is 32.2 Å². The van der Waals surface area contributed by atoms with Crippen molar-refractivity contribution in [1.29, 1.82) is 0 Å². The summed E-state index contributed by atoms with van der Waals surface area (Å²) >= 11 is 0. The van der Waals surface area contributed by atoms with E-state index >= 15 is 0 Å². The molecular weight excluding hydrogens is 241 g/mol. The van der Waals surface area contributed by atoms with E-state index in [1.54, 1.807) is 0 Å². The van der Waals surface area contributed by atoms with Crippen molar-refractivity contribution >= 4 is 0 Å². The fourth-order valence-electron chi connectivity index (χ4n) is 3.30. The first-order valence-corrected chi connectivity index (χ1v) is 7.08. The highest BCUT2D eigenvalue weighted by atomic mass is 19.4. The van der Waals surface area contributed by atoms with Gasteiger partial charge < -0.3 is 5.32 Å². The van der Waals surface area contributed by atoms with Crippen LogP contribution in [0.25, 0.3) is 0 Å². The molecule has 0 aromatic carbocycles. The fourth-order valence-corrected chi connectivity index (χ4v) is 3.30. The van der Waals surface area contributed by atoms with Crippen LogP contribution in [-0.2, 0) is 0 Å². The summed E-state index contributed by atoms with van der Waals surface area (Å²) in [4.78, 5) is 2.07. The maximum atomic E-state index is 12.3. The molecule has 0 radical (unpaired) electrons. The van der Waals surface area contributed by atoms with Gasteiger partial charge in [-0.05, 0) is 18.8 Å². The molecule has 1 unspecified atom stereocenters. The number of nitrogens with zero attached hydrogens (tertiary/aromatic N) is 1. The van der Waals surface area contributed by atoms with Crippen LogP contribution in [0.15, 0.2) is 0 Å². The highest BCUT2D eigenvalue weighted by Crippen LogP contribution is 2.30. The average molecular weight is 264 g/mol. The van der Waals surface area contributed by atoms with Crippen LogP contribution >= 0.6 is 0 Å². The Bertz CT molecular complexity index is 249. The van der Waals surface area contributed by atoms with Gasteiger partial charge in [-0.2, -0.15) is 13.2 Å². The van der Waals surface area contributed by atoms with E-state index in [4.69, 9.17) is 0 Å². The van der Waals surface area contributed by atoms with E-state index in [-0.39, 0.29) is 6.54 Å². The van der Waals surface area contributed by atoms with Gasteiger partial charge in [-0.15, -0.1) is 0 Å². The van der Waals surface area contributed by atoms with Crippen LogP contribution in [0.2, 0.25) is 0 Å². The lowest BCUT2D eigenvalue weighted by molar-refractivity contribution is -0.140. The van der Waals surface area contributed by atoms with Gasteiger partial charge in [0.15, 0.2) is 0 Å². The second-order valence-electron chi connectivity index (χ2n) is 5.57. The minimum atomic E-state index is -4.03. The molecule has 1 saturated carbocycles. The number of piperazine rings is 1. The topological polar surface area (TPSA) is 15.3 Å². The van der Waals surface area contributed by atoms with Crippen molar-refractivity contribution in [3.63, 3.8) is 0 Å². The zero-order valence-corrected chi connectivity index (χ0v) is 10.8. The van der Waals surface area contributed by atoms with Gasteiger partial charge in [0.05, 0.1) is 6.42 Å². The van der Waals surface area contributed by atoms with E-state index < -0.39 is 12.6 Å². The molecule has 1 aliphatic heterocycles. The molecule has 0 bridgehead atoms. The van der Waals surface area contributed by atoms with Gasteiger partial charge in [0.1, 0.15) is 0 Å². The number of hydrogen-bond donors (Lipinski definition) is 1. The molecule has 2 aliphatic rings. The molecule has 1 heterocycles. The second-order valence-corrected chi connectivity index (χ2v) is 5.57. The van der Waals surface area contributed by atoms with Gasteiger partial charge in [0.2, 0.25) is 0 Å². The molecule has 5 heteroatoms. The van der Waals surface area contributed by atoms with Gasteiger partial charge in [0.25, 0.3) is 0 Å². The third-order valence-corrected chi connectivity index (χ3v) is 4.27. The molecule has 0 aromatic rings. The van der Waals surface area contributed by atoms with E-state index in [1.807, 2.05) is 0 Å². The highest BCUT2D eigenvalue weighted by Gasteiger charge is 2.34. The SMILES string of the molecule is FC(F)(F)CCN1CCNCC1C1CCCCC1. The Labute approximate surface area is 107 Å². The summed E-state index contributed by atoms with van der Waals surface area (Å²) in [7, 11) is 0. The summed E-state index contributed by atoms with van der Waals surface area (Å²) in [6, 6.07) is 0.321. The maximum Gasteiger partial charge on any atom is 0.390 e. The van der Waals surface area contributed by atoms with Crippen LogP contribution in [0.4, 0.5) is 13.2 Å². The van der Waals surface area contributed by atoms with Gasteiger partial charge >= 0.3 is 6.18 Å². The van der Waals surface area contributed by atoms with Crippen LogP contribution in [-0.4, -0.2) is 43.3 Å². The van der Waals surface area contributed by atoms with Crippen molar-refractivity contribution in [2.24, 2.45) is 5.92 Å².